The smallest absolute Gasteiger partial charge is 0.257 e. The Hall–Kier alpha value is -3.41. The number of ether oxygens (including phenoxy) is 1. The Bertz CT molecular complexity index is 910. The van der Waals surface area contributed by atoms with Crippen LogP contribution in [0, 0.1) is 0 Å². The molecule has 0 aliphatic heterocycles. The molecular weight excluding hydrogens is 364 g/mol. The van der Waals surface area contributed by atoms with Crippen LogP contribution < -0.4 is 10.1 Å². The third-order valence-electron chi connectivity index (χ3n) is 4.27. The topological polar surface area (TPSA) is 67.4 Å². The van der Waals surface area contributed by atoms with Gasteiger partial charge in [-0.05, 0) is 50.6 Å². The highest BCUT2D eigenvalue weighted by Crippen LogP contribution is 2.19. The Kier molecular flexibility index (Phi) is 6.79. The van der Waals surface area contributed by atoms with E-state index in [9.17, 15) is 4.79 Å². The summed E-state index contributed by atoms with van der Waals surface area (Å²) >= 11 is 0. The maximum Gasteiger partial charge on any atom is 0.257 e. The molecule has 29 heavy (non-hydrogen) atoms. The first-order valence-electron chi connectivity index (χ1n) is 9.74. The van der Waals surface area contributed by atoms with E-state index in [0.717, 1.165) is 17.0 Å². The summed E-state index contributed by atoms with van der Waals surface area (Å²) in [4.78, 5) is 23.1. The number of aromatic nitrogens is 2. The molecule has 6 nitrogen and oxygen atoms in total. The highest BCUT2D eigenvalue weighted by molar-refractivity contribution is 5.93. The highest BCUT2D eigenvalue weighted by Gasteiger charge is 2.15. The molecule has 1 heterocycles. The largest absolute Gasteiger partial charge is 0.491 e. The predicted molar refractivity (Wildman–Crippen MR) is 114 cm³/mol. The van der Waals surface area contributed by atoms with Gasteiger partial charge in [-0.1, -0.05) is 30.3 Å². The summed E-state index contributed by atoms with van der Waals surface area (Å²) in [7, 11) is 0. The first-order valence-corrected chi connectivity index (χ1v) is 9.74. The van der Waals surface area contributed by atoms with Gasteiger partial charge in [0.05, 0.1) is 11.7 Å². The minimum absolute atomic E-state index is 0.0851. The van der Waals surface area contributed by atoms with Crippen molar-refractivity contribution in [1.82, 2.24) is 14.9 Å². The summed E-state index contributed by atoms with van der Waals surface area (Å²) < 4.78 is 5.64. The molecule has 1 amide bonds. The molecule has 0 fully saturated rings. The molecule has 1 aromatic heterocycles. The van der Waals surface area contributed by atoms with Crippen molar-refractivity contribution in [2.45, 2.75) is 33.4 Å². The van der Waals surface area contributed by atoms with E-state index in [2.05, 4.69) is 15.3 Å². The van der Waals surface area contributed by atoms with Gasteiger partial charge in [-0.15, -0.1) is 0 Å². The standard InChI is InChI=1S/C23H26N4O2/c1-4-27(16-18-8-6-5-7-9-18)22(28)19-14-24-23(25-15-19)26-20-10-12-21(13-11-20)29-17(2)3/h5-15,17H,4,16H2,1-3H3,(H,24,25,26). The Morgan fingerprint density at radius 3 is 2.28 bits per heavy atom. The molecule has 3 aromatic rings. The van der Waals surface area contributed by atoms with E-state index in [0.29, 0.717) is 24.6 Å². The van der Waals surface area contributed by atoms with Crippen LogP contribution in [-0.2, 0) is 6.54 Å². The quantitative estimate of drug-likeness (QED) is 0.605. The Labute approximate surface area is 171 Å². The Morgan fingerprint density at radius 2 is 1.69 bits per heavy atom. The van der Waals surface area contributed by atoms with Crippen LogP contribution in [0.4, 0.5) is 11.6 Å². The molecule has 0 saturated carbocycles. The first kappa shape index (κ1) is 20.3. The van der Waals surface area contributed by atoms with Crippen molar-refractivity contribution >= 4 is 17.5 Å². The number of anilines is 2. The van der Waals surface area contributed by atoms with Gasteiger partial charge in [-0.25, -0.2) is 9.97 Å². The number of hydrogen-bond donors (Lipinski definition) is 1. The van der Waals surface area contributed by atoms with Crippen molar-refractivity contribution in [1.29, 1.82) is 0 Å². The summed E-state index contributed by atoms with van der Waals surface area (Å²) in [5, 5.41) is 3.13. The van der Waals surface area contributed by atoms with Crippen molar-refractivity contribution in [2.24, 2.45) is 0 Å². The van der Waals surface area contributed by atoms with Gasteiger partial charge in [-0.2, -0.15) is 0 Å². The fourth-order valence-corrected chi connectivity index (χ4v) is 2.83. The van der Waals surface area contributed by atoms with Crippen LogP contribution in [0.1, 0.15) is 36.7 Å². The van der Waals surface area contributed by atoms with Crippen LogP contribution in [-0.4, -0.2) is 33.4 Å². The number of rotatable bonds is 8. The molecular formula is C23H26N4O2. The molecule has 0 spiro atoms. The van der Waals surface area contributed by atoms with Crippen LogP contribution in [0.5, 0.6) is 5.75 Å². The Morgan fingerprint density at radius 1 is 1.03 bits per heavy atom. The highest BCUT2D eigenvalue weighted by atomic mass is 16.5. The lowest BCUT2D eigenvalue weighted by Crippen LogP contribution is -2.30. The van der Waals surface area contributed by atoms with E-state index in [4.69, 9.17) is 4.74 Å². The van der Waals surface area contributed by atoms with Crippen LogP contribution in [0.3, 0.4) is 0 Å². The van der Waals surface area contributed by atoms with E-state index in [1.807, 2.05) is 75.4 Å². The number of carbonyl (C=O) groups is 1. The number of amides is 1. The average Bonchev–Trinajstić information content (AvgIpc) is 2.74. The zero-order valence-corrected chi connectivity index (χ0v) is 17.0. The lowest BCUT2D eigenvalue weighted by atomic mass is 10.2. The van der Waals surface area contributed by atoms with Crippen LogP contribution in [0.25, 0.3) is 0 Å². The van der Waals surface area contributed by atoms with E-state index in [-0.39, 0.29) is 12.0 Å². The molecule has 0 unspecified atom stereocenters. The summed E-state index contributed by atoms with van der Waals surface area (Å²) in [6, 6.07) is 17.5. The summed E-state index contributed by atoms with van der Waals surface area (Å²) in [5.41, 5.74) is 2.40. The van der Waals surface area contributed by atoms with Crippen molar-refractivity contribution in [3.05, 3.63) is 78.1 Å². The number of benzene rings is 2. The lowest BCUT2D eigenvalue weighted by molar-refractivity contribution is 0.0751. The molecule has 0 bridgehead atoms. The second-order valence-corrected chi connectivity index (χ2v) is 6.92. The normalized spacial score (nSPS) is 10.6. The van der Waals surface area contributed by atoms with Gasteiger partial charge < -0.3 is 15.0 Å². The zero-order chi connectivity index (χ0) is 20.6. The van der Waals surface area contributed by atoms with Gasteiger partial charge >= 0.3 is 0 Å². The number of nitrogens with zero attached hydrogens (tertiary/aromatic N) is 3. The molecule has 0 aliphatic rings. The van der Waals surface area contributed by atoms with Crippen molar-refractivity contribution in [3.63, 3.8) is 0 Å². The maximum atomic E-state index is 12.8. The lowest BCUT2D eigenvalue weighted by Gasteiger charge is -2.20. The van der Waals surface area contributed by atoms with Crippen molar-refractivity contribution in [3.8, 4) is 5.75 Å². The van der Waals surface area contributed by atoms with Crippen molar-refractivity contribution in [2.75, 3.05) is 11.9 Å². The molecule has 0 aliphatic carbocycles. The minimum Gasteiger partial charge on any atom is -0.491 e. The summed E-state index contributed by atoms with van der Waals surface area (Å²) in [6.45, 7) is 7.11. The zero-order valence-electron chi connectivity index (χ0n) is 17.0. The molecule has 0 radical (unpaired) electrons. The molecule has 2 aromatic carbocycles. The fraction of sp³-hybridized carbons (Fsp3) is 0.261. The van der Waals surface area contributed by atoms with Crippen LogP contribution >= 0.6 is 0 Å². The molecule has 3 rings (SSSR count). The third kappa shape index (κ3) is 5.78. The van der Waals surface area contributed by atoms with E-state index in [1.54, 1.807) is 17.3 Å². The number of nitrogens with one attached hydrogen (secondary N) is 1. The van der Waals surface area contributed by atoms with E-state index in [1.165, 1.54) is 0 Å². The van der Waals surface area contributed by atoms with Gasteiger partial charge in [0.25, 0.3) is 5.91 Å². The maximum absolute atomic E-state index is 12.8. The van der Waals surface area contributed by atoms with Crippen LogP contribution in [0.2, 0.25) is 0 Å². The first-order chi connectivity index (χ1) is 14.0. The van der Waals surface area contributed by atoms with Gasteiger partial charge in [0.1, 0.15) is 5.75 Å². The van der Waals surface area contributed by atoms with Crippen LogP contribution in [0.15, 0.2) is 67.0 Å². The van der Waals surface area contributed by atoms with E-state index < -0.39 is 0 Å². The summed E-state index contributed by atoms with van der Waals surface area (Å²) in [6.07, 6.45) is 3.25. The SMILES string of the molecule is CCN(Cc1ccccc1)C(=O)c1cnc(Nc2ccc(OC(C)C)cc2)nc1. The molecule has 1 N–H and O–H groups in total. The molecule has 6 heteroatoms. The number of hydrogen-bond acceptors (Lipinski definition) is 5. The van der Waals surface area contributed by atoms with Gasteiger partial charge in [0.2, 0.25) is 5.95 Å². The Balaban J connectivity index is 1.63. The second kappa shape index (κ2) is 9.68. The van der Waals surface area contributed by atoms with Crippen molar-refractivity contribution < 1.29 is 9.53 Å². The predicted octanol–water partition coefficient (Wildman–Crippen LogP) is 4.67. The average molecular weight is 390 g/mol. The second-order valence-electron chi connectivity index (χ2n) is 6.92. The molecule has 0 atom stereocenters. The fourth-order valence-electron chi connectivity index (χ4n) is 2.83. The van der Waals surface area contributed by atoms with E-state index >= 15 is 0 Å². The van der Waals surface area contributed by atoms with Gasteiger partial charge in [0.15, 0.2) is 0 Å². The number of carbonyl (C=O) groups excluding carboxylic acids is 1. The molecule has 150 valence electrons. The third-order valence-corrected chi connectivity index (χ3v) is 4.27. The summed E-state index contributed by atoms with van der Waals surface area (Å²) in [5.74, 6) is 1.16. The molecule has 0 saturated heterocycles. The van der Waals surface area contributed by atoms with Gasteiger partial charge in [-0.3, -0.25) is 4.79 Å². The monoisotopic (exact) mass is 390 g/mol. The van der Waals surface area contributed by atoms with Gasteiger partial charge in [0, 0.05) is 31.2 Å². The minimum atomic E-state index is -0.0851.